The minimum atomic E-state index is -2.00. The van der Waals surface area contributed by atoms with Crippen LogP contribution < -0.4 is 10.2 Å². The molecule has 3 aliphatic heterocycles. The second-order valence-electron chi connectivity index (χ2n) is 17.2. The molecule has 0 spiro atoms. The topological polar surface area (TPSA) is 146 Å². The van der Waals surface area contributed by atoms with Crippen molar-refractivity contribution < 1.29 is 38.9 Å². The van der Waals surface area contributed by atoms with Gasteiger partial charge in [0.05, 0.1) is 0 Å². The number of amides is 3. The van der Waals surface area contributed by atoms with E-state index >= 15 is 0 Å². The molecule has 3 aliphatic rings. The first kappa shape index (κ1) is 44.4. The third kappa shape index (κ3) is 9.93. The predicted octanol–water partition coefficient (Wildman–Crippen LogP) is 7.14. The van der Waals surface area contributed by atoms with Crippen molar-refractivity contribution in [3.8, 4) is 0 Å². The number of halogens is 1. The van der Waals surface area contributed by atoms with E-state index in [0.717, 1.165) is 22.4 Å². The molecular formula is C45H62IN3O8. The van der Waals surface area contributed by atoms with Crippen molar-refractivity contribution in [3.63, 3.8) is 0 Å². The van der Waals surface area contributed by atoms with Gasteiger partial charge in [0, 0.05) is 0 Å². The Balaban J connectivity index is 1.53. The normalized spacial score (nSPS) is 29.4. The summed E-state index contributed by atoms with van der Waals surface area (Å²) in [6, 6.07) is 10.7. The molecule has 2 saturated heterocycles. The van der Waals surface area contributed by atoms with Gasteiger partial charge in [0.25, 0.3) is 0 Å². The number of allylic oxidation sites excluding steroid dienone is 3. The number of likely N-dealkylation sites (N-methyl/N-ethyl adjacent to an activating group) is 1. The number of nitrogens with zero attached hydrogens (tertiary/aromatic N) is 2. The standard InChI is InChI=1S/C45H62IN3O8/c1-26(2)33-15-17-34(18-16-33)41(52)48(10)31(7)42(53)57-38-24-39(51)49(11)35-23-32(22-28(4)40(35)46-19-20-46)21-27(3)13-12-14-37(50)45(55)25-36(56-43(54)47-45)29(5)30(6)44(38,8)9/h12-18,22-23,26,29-31,36-38,50,55H,19-21,24-25H2,1-11H3,(H,47,54)/b14-12+,27-13+/t29-,30-,31-,36-,37+,38-,45-/m0/s1. The van der Waals surface area contributed by atoms with Crippen LogP contribution in [0.4, 0.5) is 10.5 Å². The first-order valence-electron chi connectivity index (χ1n) is 20.0. The predicted molar refractivity (Wildman–Crippen MR) is 231 cm³/mol. The number of anilines is 1. The van der Waals surface area contributed by atoms with Gasteiger partial charge in [0.15, 0.2) is 0 Å². The summed E-state index contributed by atoms with van der Waals surface area (Å²) in [5, 5.41) is 25.2. The number of rotatable bonds is 6. The number of carbonyl (C=O) groups is 4. The molecule has 3 N–H and O–H groups in total. The summed E-state index contributed by atoms with van der Waals surface area (Å²) >= 11 is -1.39. The van der Waals surface area contributed by atoms with Crippen molar-refractivity contribution in [1.29, 1.82) is 0 Å². The van der Waals surface area contributed by atoms with Crippen molar-refractivity contribution in [3.05, 3.63) is 86.0 Å². The van der Waals surface area contributed by atoms with Gasteiger partial charge in [-0.3, -0.25) is 0 Å². The number of alkyl carbamates (subject to hydrolysis) is 1. The molecule has 0 aliphatic carbocycles. The maximum atomic E-state index is 14.6. The molecule has 0 radical (unpaired) electrons. The van der Waals surface area contributed by atoms with E-state index in [1.807, 2.05) is 52.8 Å². The molecule has 2 aromatic rings. The Morgan fingerprint density at radius 3 is 2.33 bits per heavy atom. The fourth-order valence-corrected chi connectivity index (χ4v) is 13.1. The summed E-state index contributed by atoms with van der Waals surface area (Å²) < 4.78 is 15.8. The fraction of sp³-hybridized carbons (Fsp3) is 0.556. The van der Waals surface area contributed by atoms with E-state index < -0.39 is 73.3 Å². The zero-order valence-corrected chi connectivity index (χ0v) is 37.5. The van der Waals surface area contributed by atoms with Gasteiger partial charge in [-0.15, -0.1) is 0 Å². The molecule has 312 valence electrons. The van der Waals surface area contributed by atoms with Gasteiger partial charge in [-0.1, -0.05) is 26.0 Å². The molecule has 0 saturated carbocycles. The van der Waals surface area contributed by atoms with Gasteiger partial charge in [-0.2, -0.15) is 0 Å². The Kier molecular flexibility index (Phi) is 13.7. The molecule has 11 nitrogen and oxygen atoms in total. The summed E-state index contributed by atoms with van der Waals surface area (Å²) in [6.07, 6.45) is 1.29. The van der Waals surface area contributed by atoms with Crippen LogP contribution in [0.3, 0.4) is 0 Å². The molecular weight excluding hydrogens is 837 g/mol. The van der Waals surface area contributed by atoms with Crippen molar-refractivity contribution in [2.24, 2.45) is 17.3 Å². The summed E-state index contributed by atoms with van der Waals surface area (Å²) in [7, 11) is 3.37. The Labute approximate surface area is 345 Å². The van der Waals surface area contributed by atoms with E-state index in [1.54, 1.807) is 44.1 Å². The summed E-state index contributed by atoms with van der Waals surface area (Å²) in [6.45, 7) is 17.6. The van der Waals surface area contributed by atoms with Crippen LogP contribution in [0.15, 0.2) is 60.2 Å². The van der Waals surface area contributed by atoms with Crippen LogP contribution in [0, 0.1) is 27.7 Å². The van der Waals surface area contributed by atoms with E-state index in [2.05, 4.69) is 38.2 Å². The van der Waals surface area contributed by atoms with Gasteiger partial charge in [-0.25, -0.2) is 4.79 Å². The summed E-state index contributed by atoms with van der Waals surface area (Å²) in [4.78, 5) is 58.3. The third-order valence-electron chi connectivity index (χ3n) is 12.5. The average Bonchev–Trinajstić information content (AvgIpc) is 4.00. The molecule has 3 amide bonds. The number of aliphatic hydroxyl groups is 2. The molecule has 4 bridgehead atoms. The Hall–Kier alpha value is -3.75. The van der Waals surface area contributed by atoms with E-state index in [-0.39, 0.29) is 30.6 Å². The van der Waals surface area contributed by atoms with E-state index in [9.17, 15) is 29.4 Å². The second-order valence-corrected chi connectivity index (χ2v) is 23.1. The van der Waals surface area contributed by atoms with Gasteiger partial charge >= 0.3 is 293 Å². The molecule has 57 heavy (non-hydrogen) atoms. The number of aliphatic hydroxyl groups excluding tert-OH is 1. The second kappa shape index (κ2) is 17.6. The number of aryl methyl sites for hydroxylation is 1. The van der Waals surface area contributed by atoms with Crippen LogP contribution in [0.2, 0.25) is 0 Å². The molecule has 7 atom stereocenters. The van der Waals surface area contributed by atoms with Crippen LogP contribution in [0.1, 0.15) is 101 Å². The average molecular weight is 900 g/mol. The van der Waals surface area contributed by atoms with Crippen LogP contribution in [-0.4, -0.2) is 92.0 Å². The molecule has 3 heterocycles. The molecule has 0 unspecified atom stereocenters. The van der Waals surface area contributed by atoms with Gasteiger partial charge in [0.1, 0.15) is 0 Å². The number of alkyl halides is 2. The number of fused-ring (bicyclic) bond motifs is 4. The number of hydrogen-bond donors (Lipinski definition) is 3. The third-order valence-corrected chi connectivity index (χ3v) is 17.6. The molecule has 2 aromatic carbocycles. The van der Waals surface area contributed by atoms with Gasteiger partial charge in [0.2, 0.25) is 0 Å². The van der Waals surface area contributed by atoms with Crippen molar-refractivity contribution in [2.45, 2.75) is 118 Å². The zero-order valence-electron chi connectivity index (χ0n) is 35.4. The van der Waals surface area contributed by atoms with Crippen LogP contribution in [0.25, 0.3) is 0 Å². The first-order chi connectivity index (χ1) is 26.6. The van der Waals surface area contributed by atoms with Crippen molar-refractivity contribution in [2.75, 3.05) is 27.9 Å². The fourth-order valence-electron chi connectivity index (χ4n) is 7.80. The van der Waals surface area contributed by atoms with Crippen LogP contribution in [0.5, 0.6) is 0 Å². The quantitative estimate of drug-likeness (QED) is 0.158. The maximum absolute atomic E-state index is 14.6. The number of nitrogens with one attached hydrogen (secondary N) is 1. The van der Waals surface area contributed by atoms with E-state index in [1.165, 1.54) is 29.0 Å². The van der Waals surface area contributed by atoms with Crippen molar-refractivity contribution >= 4 is 49.4 Å². The number of benzene rings is 2. The Morgan fingerprint density at radius 1 is 1.07 bits per heavy atom. The monoisotopic (exact) mass is 899 g/mol. The number of ether oxygens (including phenoxy) is 2. The van der Waals surface area contributed by atoms with E-state index in [0.29, 0.717) is 17.9 Å². The van der Waals surface area contributed by atoms with Crippen LogP contribution in [-0.2, 0) is 25.5 Å². The van der Waals surface area contributed by atoms with Crippen molar-refractivity contribution in [1.82, 2.24) is 10.2 Å². The Bertz CT molecular complexity index is 1900. The minimum absolute atomic E-state index is 0.109. The number of carbonyl (C=O) groups excluding carboxylic acids is 4. The van der Waals surface area contributed by atoms with Crippen LogP contribution >= 0.6 is 19.8 Å². The molecule has 5 rings (SSSR count). The molecule has 0 aromatic heterocycles. The van der Waals surface area contributed by atoms with Gasteiger partial charge < -0.3 is 0 Å². The molecule has 2 fully saturated rings. The Morgan fingerprint density at radius 2 is 1.72 bits per heavy atom. The summed E-state index contributed by atoms with van der Waals surface area (Å²) in [5.41, 5.74) is 2.75. The zero-order chi connectivity index (χ0) is 42.1. The summed E-state index contributed by atoms with van der Waals surface area (Å²) in [5.74, 6) is -1.67. The number of esters is 1. The van der Waals surface area contributed by atoms with E-state index in [4.69, 9.17) is 9.47 Å². The molecule has 12 heteroatoms. The number of hydrogen-bond acceptors (Lipinski definition) is 8. The van der Waals surface area contributed by atoms with Gasteiger partial charge in [-0.05, 0) is 23.6 Å². The first-order valence-corrected chi connectivity index (χ1v) is 24.1. The SMILES string of the molecule is C/C1=C\C=C\[C@@H](O)[C@@]2(O)C[C@H](OC(=O)N2)[C@@H](C)[C@H](C)C(C)(C)[C@@H](OC(=O)[C@H](C)N(C)C(=O)c2ccc(C(C)C)cc2)CC(=O)N(C)c2cc(cc(C)c2I2CC2)C1.